The Balaban J connectivity index is 2.14. The number of esters is 1. The van der Waals surface area contributed by atoms with E-state index in [2.05, 4.69) is 0 Å². The Morgan fingerprint density at radius 2 is 1.90 bits per heavy atom. The van der Waals surface area contributed by atoms with Gasteiger partial charge in [-0.3, -0.25) is 0 Å². The zero-order valence-corrected chi connectivity index (χ0v) is 12.9. The predicted molar refractivity (Wildman–Crippen MR) is 78.8 cm³/mol. The minimum atomic E-state index is -3.68. The number of para-hydroxylation sites is 1. The topological polar surface area (TPSA) is 69.7 Å². The molecule has 0 heterocycles. The highest BCUT2D eigenvalue weighted by atomic mass is 32.2. The molecule has 0 bridgehead atoms. The van der Waals surface area contributed by atoms with Gasteiger partial charge in [-0.2, -0.15) is 8.42 Å². The maximum Gasteiger partial charge on any atom is 0.342 e. The lowest BCUT2D eigenvalue weighted by molar-refractivity contribution is 0.0316. The second kappa shape index (κ2) is 6.93. The first-order valence-corrected chi connectivity index (χ1v) is 8.82. The lowest BCUT2D eigenvalue weighted by Crippen LogP contribution is -2.18. The third kappa shape index (κ3) is 4.46. The molecule has 0 saturated heterocycles. The molecule has 1 aromatic rings. The van der Waals surface area contributed by atoms with Gasteiger partial charge in [0.25, 0.3) is 0 Å². The summed E-state index contributed by atoms with van der Waals surface area (Å²) in [6, 6.07) is 6.28. The Hall–Kier alpha value is -1.56. The molecule has 21 heavy (non-hydrogen) atoms. The molecule has 0 aromatic heterocycles. The van der Waals surface area contributed by atoms with E-state index in [-0.39, 0.29) is 23.2 Å². The van der Waals surface area contributed by atoms with Gasteiger partial charge in [-0.1, -0.05) is 19.1 Å². The van der Waals surface area contributed by atoms with E-state index in [1.165, 1.54) is 12.1 Å². The van der Waals surface area contributed by atoms with E-state index >= 15 is 0 Å². The molecule has 1 saturated carbocycles. The summed E-state index contributed by atoms with van der Waals surface area (Å²) in [6.07, 6.45) is 4.22. The van der Waals surface area contributed by atoms with Crippen molar-refractivity contribution in [3.63, 3.8) is 0 Å². The van der Waals surface area contributed by atoms with Crippen molar-refractivity contribution in [3.05, 3.63) is 29.8 Å². The SMILES string of the molecule is CCCS(=O)(=O)Oc1ccccc1C(=O)OC1CCCC1. The van der Waals surface area contributed by atoms with E-state index < -0.39 is 16.1 Å². The zero-order chi connectivity index (χ0) is 15.3. The van der Waals surface area contributed by atoms with Crippen molar-refractivity contribution in [3.8, 4) is 5.75 Å². The summed E-state index contributed by atoms with van der Waals surface area (Å²) in [7, 11) is -3.68. The maximum atomic E-state index is 12.2. The van der Waals surface area contributed by atoms with Gasteiger partial charge in [0.15, 0.2) is 5.75 Å². The average Bonchev–Trinajstić information content (AvgIpc) is 2.91. The molecule has 0 unspecified atom stereocenters. The smallest absolute Gasteiger partial charge is 0.342 e. The van der Waals surface area contributed by atoms with Gasteiger partial charge in [0.05, 0.1) is 5.75 Å². The fourth-order valence-corrected chi connectivity index (χ4v) is 3.36. The van der Waals surface area contributed by atoms with E-state index in [0.29, 0.717) is 6.42 Å². The highest BCUT2D eigenvalue weighted by molar-refractivity contribution is 7.87. The van der Waals surface area contributed by atoms with Gasteiger partial charge < -0.3 is 8.92 Å². The summed E-state index contributed by atoms with van der Waals surface area (Å²) in [5.74, 6) is -0.572. The molecule has 1 aromatic carbocycles. The van der Waals surface area contributed by atoms with E-state index in [4.69, 9.17) is 8.92 Å². The Kier molecular flexibility index (Phi) is 5.22. The molecular formula is C15H20O5S. The normalized spacial score (nSPS) is 15.9. The molecule has 0 radical (unpaired) electrons. The molecule has 1 aliphatic carbocycles. The molecule has 1 aliphatic rings. The lowest BCUT2D eigenvalue weighted by atomic mass is 10.2. The van der Waals surface area contributed by atoms with Crippen LogP contribution in [0.15, 0.2) is 24.3 Å². The second-order valence-electron chi connectivity index (χ2n) is 5.15. The lowest BCUT2D eigenvalue weighted by Gasteiger charge is -2.14. The number of hydrogen-bond donors (Lipinski definition) is 0. The highest BCUT2D eigenvalue weighted by Gasteiger charge is 2.23. The number of carbonyl (C=O) groups excluding carboxylic acids is 1. The van der Waals surface area contributed by atoms with Crippen molar-refractivity contribution in [1.29, 1.82) is 0 Å². The van der Waals surface area contributed by atoms with Crippen LogP contribution in [-0.2, 0) is 14.9 Å². The molecule has 0 aliphatic heterocycles. The number of rotatable bonds is 6. The third-order valence-corrected chi connectivity index (χ3v) is 4.70. The Labute approximate surface area is 125 Å². The summed E-state index contributed by atoms with van der Waals surface area (Å²) < 4.78 is 33.9. The van der Waals surface area contributed by atoms with Gasteiger partial charge >= 0.3 is 16.1 Å². The molecule has 5 nitrogen and oxygen atoms in total. The van der Waals surface area contributed by atoms with Crippen LogP contribution < -0.4 is 4.18 Å². The van der Waals surface area contributed by atoms with Crippen molar-refractivity contribution in [1.82, 2.24) is 0 Å². The highest BCUT2D eigenvalue weighted by Crippen LogP contribution is 2.25. The van der Waals surface area contributed by atoms with Gasteiger partial charge in [-0.25, -0.2) is 4.79 Å². The molecule has 0 amide bonds. The minimum absolute atomic E-state index is 0.0361. The minimum Gasteiger partial charge on any atom is -0.459 e. The standard InChI is InChI=1S/C15H20O5S/c1-2-11-21(17,18)20-14-10-6-5-9-13(14)15(16)19-12-7-3-4-8-12/h5-6,9-10,12H,2-4,7-8,11H2,1H3. The first kappa shape index (κ1) is 15.8. The quantitative estimate of drug-likeness (QED) is 0.596. The summed E-state index contributed by atoms with van der Waals surface area (Å²) in [5.41, 5.74) is 0.157. The van der Waals surface area contributed by atoms with Gasteiger partial charge in [0.2, 0.25) is 0 Å². The monoisotopic (exact) mass is 312 g/mol. The molecule has 0 spiro atoms. The zero-order valence-electron chi connectivity index (χ0n) is 12.1. The van der Waals surface area contributed by atoms with E-state index in [1.54, 1.807) is 19.1 Å². The first-order valence-electron chi connectivity index (χ1n) is 7.24. The fourth-order valence-electron chi connectivity index (χ4n) is 2.36. The molecular weight excluding hydrogens is 292 g/mol. The van der Waals surface area contributed by atoms with Crippen LogP contribution in [0.4, 0.5) is 0 Å². The van der Waals surface area contributed by atoms with E-state index in [9.17, 15) is 13.2 Å². The number of carbonyl (C=O) groups is 1. The summed E-state index contributed by atoms with van der Waals surface area (Å²) in [4.78, 5) is 12.2. The van der Waals surface area contributed by atoms with Gasteiger partial charge in [-0.05, 0) is 44.2 Å². The van der Waals surface area contributed by atoms with Crippen molar-refractivity contribution in [2.45, 2.75) is 45.1 Å². The van der Waals surface area contributed by atoms with Crippen LogP contribution in [0.3, 0.4) is 0 Å². The van der Waals surface area contributed by atoms with Gasteiger partial charge in [0.1, 0.15) is 11.7 Å². The van der Waals surface area contributed by atoms with Crippen molar-refractivity contribution in [2.24, 2.45) is 0 Å². The van der Waals surface area contributed by atoms with Crippen LogP contribution in [0.2, 0.25) is 0 Å². The van der Waals surface area contributed by atoms with Crippen LogP contribution in [0, 0.1) is 0 Å². The number of benzene rings is 1. The molecule has 0 N–H and O–H groups in total. The van der Waals surface area contributed by atoms with Crippen LogP contribution in [-0.4, -0.2) is 26.2 Å². The fraction of sp³-hybridized carbons (Fsp3) is 0.533. The number of hydrogen-bond acceptors (Lipinski definition) is 5. The van der Waals surface area contributed by atoms with Crippen LogP contribution >= 0.6 is 0 Å². The maximum absolute atomic E-state index is 12.2. The van der Waals surface area contributed by atoms with Gasteiger partial charge in [0, 0.05) is 0 Å². The molecule has 0 atom stereocenters. The van der Waals surface area contributed by atoms with Crippen LogP contribution in [0.5, 0.6) is 5.75 Å². The summed E-state index contributed by atoms with van der Waals surface area (Å²) >= 11 is 0. The molecule has 116 valence electrons. The van der Waals surface area contributed by atoms with Crippen LogP contribution in [0.25, 0.3) is 0 Å². The first-order chi connectivity index (χ1) is 10.0. The average molecular weight is 312 g/mol. The Bertz CT molecular complexity index is 588. The van der Waals surface area contributed by atoms with Crippen molar-refractivity contribution in [2.75, 3.05) is 5.75 Å². The van der Waals surface area contributed by atoms with Crippen LogP contribution in [0.1, 0.15) is 49.4 Å². The van der Waals surface area contributed by atoms with E-state index in [0.717, 1.165) is 25.7 Å². The number of ether oxygens (including phenoxy) is 1. The molecule has 6 heteroatoms. The Morgan fingerprint density at radius 1 is 1.24 bits per heavy atom. The van der Waals surface area contributed by atoms with E-state index in [1.807, 2.05) is 0 Å². The third-order valence-electron chi connectivity index (χ3n) is 3.35. The molecule has 1 fully saturated rings. The summed E-state index contributed by atoms with van der Waals surface area (Å²) in [6.45, 7) is 1.75. The summed E-state index contributed by atoms with van der Waals surface area (Å²) in [5, 5.41) is 0. The van der Waals surface area contributed by atoms with Crippen molar-refractivity contribution >= 4 is 16.1 Å². The predicted octanol–water partition coefficient (Wildman–Crippen LogP) is 2.90. The largest absolute Gasteiger partial charge is 0.459 e. The Morgan fingerprint density at radius 3 is 2.57 bits per heavy atom. The van der Waals surface area contributed by atoms with Crippen molar-refractivity contribution < 1.29 is 22.1 Å². The molecule has 2 rings (SSSR count). The van der Waals surface area contributed by atoms with Gasteiger partial charge in [-0.15, -0.1) is 0 Å². The second-order valence-corrected chi connectivity index (χ2v) is 6.84.